The van der Waals surface area contributed by atoms with E-state index in [2.05, 4.69) is 0 Å². The predicted molar refractivity (Wildman–Crippen MR) is 142 cm³/mol. The zero-order valence-electron chi connectivity index (χ0n) is 21.0. The molecule has 0 saturated carbocycles. The summed E-state index contributed by atoms with van der Waals surface area (Å²) in [7, 11) is -2.03. The Hall–Kier alpha value is -3.67. The van der Waals surface area contributed by atoms with Gasteiger partial charge in [0.2, 0.25) is 16.9 Å². The van der Waals surface area contributed by atoms with E-state index in [1.165, 1.54) is 0 Å². The standard InChI is InChI=1S/C27H33N3O7S/c28-17-9-3-8-14-23(36-27(34)37-30-24(31)15-16-25(30)32)18-26(33)38(35)29(19-21-10-4-1-5-11-21)20-22-12-6-2-7-13-22/h1-2,4-7,10-13,15-16,23,31-32H,3,8-9,14,17-20,28H2. The maximum Gasteiger partial charge on any atom is 0.534 e. The third-order valence-electron chi connectivity index (χ3n) is 5.68. The van der Waals surface area contributed by atoms with Gasteiger partial charge >= 0.3 is 6.16 Å². The zero-order chi connectivity index (χ0) is 27.3. The van der Waals surface area contributed by atoms with Crippen molar-refractivity contribution < 1.29 is 33.6 Å². The van der Waals surface area contributed by atoms with Gasteiger partial charge in [-0.1, -0.05) is 67.1 Å². The quantitative estimate of drug-likeness (QED) is 0.207. The van der Waals surface area contributed by atoms with E-state index < -0.39 is 40.1 Å². The lowest BCUT2D eigenvalue weighted by Gasteiger charge is -2.22. The second-order valence-corrected chi connectivity index (χ2v) is 10.1. The van der Waals surface area contributed by atoms with Crippen molar-refractivity contribution in [2.24, 2.45) is 5.73 Å². The predicted octanol–water partition coefficient (Wildman–Crippen LogP) is 3.64. The van der Waals surface area contributed by atoms with Gasteiger partial charge in [-0.3, -0.25) is 9.63 Å². The fourth-order valence-corrected chi connectivity index (χ4v) is 4.92. The molecule has 0 spiro atoms. The van der Waals surface area contributed by atoms with Crippen molar-refractivity contribution >= 4 is 22.3 Å². The first-order chi connectivity index (χ1) is 18.4. The van der Waals surface area contributed by atoms with E-state index in [9.17, 15) is 24.0 Å². The van der Waals surface area contributed by atoms with Crippen LogP contribution in [-0.4, -0.2) is 47.4 Å². The van der Waals surface area contributed by atoms with E-state index in [1.54, 1.807) is 4.31 Å². The van der Waals surface area contributed by atoms with Crippen LogP contribution >= 0.6 is 0 Å². The summed E-state index contributed by atoms with van der Waals surface area (Å²) >= 11 is 0. The number of nitrogens with two attached hydrogens (primary N) is 1. The summed E-state index contributed by atoms with van der Waals surface area (Å²) in [5.74, 6) is -1.01. The zero-order valence-corrected chi connectivity index (χ0v) is 21.8. The molecule has 4 N–H and O–H groups in total. The number of rotatable bonds is 14. The smallest absolute Gasteiger partial charge is 0.492 e. The molecule has 38 heavy (non-hydrogen) atoms. The van der Waals surface area contributed by atoms with Crippen LogP contribution in [0.5, 0.6) is 11.8 Å². The number of benzene rings is 2. The van der Waals surface area contributed by atoms with Gasteiger partial charge in [-0.15, -0.1) is 4.73 Å². The summed E-state index contributed by atoms with van der Waals surface area (Å²) in [5, 5.41) is 18.8. The fourth-order valence-electron chi connectivity index (χ4n) is 3.77. The number of aromatic nitrogens is 1. The molecule has 2 aromatic carbocycles. The summed E-state index contributed by atoms with van der Waals surface area (Å²) in [4.78, 5) is 30.4. The average Bonchev–Trinajstić information content (AvgIpc) is 3.23. The van der Waals surface area contributed by atoms with Crippen LogP contribution in [0.1, 0.15) is 43.2 Å². The highest BCUT2D eigenvalue weighted by molar-refractivity contribution is 7.98. The molecular formula is C27H33N3O7S. The Morgan fingerprint density at radius 1 is 0.868 bits per heavy atom. The number of nitrogens with zero attached hydrogens (tertiary/aromatic N) is 2. The molecule has 0 aliphatic carbocycles. The Kier molecular flexibility index (Phi) is 11.3. The summed E-state index contributed by atoms with van der Waals surface area (Å²) in [6.45, 7) is 1.07. The second kappa shape index (κ2) is 14.9. The summed E-state index contributed by atoms with van der Waals surface area (Å²) in [6.07, 6.45) is 0.0199. The van der Waals surface area contributed by atoms with E-state index >= 15 is 0 Å². The van der Waals surface area contributed by atoms with Crippen molar-refractivity contribution in [2.45, 2.75) is 51.3 Å². The molecule has 11 heteroatoms. The van der Waals surface area contributed by atoms with Crippen LogP contribution in [0.25, 0.3) is 0 Å². The van der Waals surface area contributed by atoms with Crippen LogP contribution in [-0.2, 0) is 33.6 Å². The summed E-state index contributed by atoms with van der Waals surface area (Å²) in [6, 6.07) is 21.1. The number of aromatic hydroxyl groups is 2. The lowest BCUT2D eigenvalue weighted by molar-refractivity contribution is -0.114. The first-order valence-corrected chi connectivity index (χ1v) is 13.4. The molecule has 1 aromatic heterocycles. The average molecular weight is 544 g/mol. The summed E-state index contributed by atoms with van der Waals surface area (Å²) in [5.41, 5.74) is 7.35. The Morgan fingerprint density at radius 3 is 1.95 bits per heavy atom. The molecule has 0 fully saturated rings. The first kappa shape index (κ1) is 28.9. The molecule has 0 amide bonds. The molecular weight excluding hydrogens is 510 g/mol. The Labute approximate surface area is 224 Å². The number of hydrogen-bond acceptors (Lipinski definition) is 8. The van der Waals surface area contributed by atoms with E-state index in [0.717, 1.165) is 36.1 Å². The molecule has 1 heterocycles. The molecule has 0 bridgehead atoms. The SMILES string of the molecule is NCCCCCC(CC(=O)S(=O)N(Cc1ccccc1)Cc1ccccc1)OC(=O)On1c(O)ccc1O. The third-order valence-corrected chi connectivity index (χ3v) is 6.97. The molecule has 0 radical (unpaired) electrons. The van der Waals surface area contributed by atoms with Crippen molar-refractivity contribution in [3.05, 3.63) is 83.9 Å². The second-order valence-electron chi connectivity index (χ2n) is 8.66. The van der Waals surface area contributed by atoms with Crippen LogP contribution in [0.3, 0.4) is 0 Å². The highest BCUT2D eigenvalue weighted by Gasteiger charge is 2.27. The lowest BCUT2D eigenvalue weighted by Crippen LogP contribution is -2.33. The fraction of sp³-hybridized carbons (Fsp3) is 0.333. The van der Waals surface area contributed by atoms with Crippen molar-refractivity contribution in [1.29, 1.82) is 0 Å². The number of carbonyl (C=O) groups is 2. The minimum Gasteiger partial charge on any atom is -0.492 e. The number of hydrogen-bond donors (Lipinski definition) is 3. The van der Waals surface area contributed by atoms with E-state index in [0.29, 0.717) is 24.1 Å². The minimum absolute atomic E-state index is 0.282. The molecule has 0 aliphatic rings. The molecule has 0 saturated heterocycles. The van der Waals surface area contributed by atoms with Gasteiger partial charge in [0.1, 0.15) is 6.10 Å². The van der Waals surface area contributed by atoms with Crippen molar-refractivity contribution in [1.82, 2.24) is 9.04 Å². The number of unbranched alkanes of at least 4 members (excludes halogenated alkanes) is 2. The molecule has 2 unspecified atom stereocenters. The van der Waals surface area contributed by atoms with Crippen LogP contribution in [0.4, 0.5) is 4.79 Å². The van der Waals surface area contributed by atoms with Crippen molar-refractivity contribution in [2.75, 3.05) is 6.54 Å². The van der Waals surface area contributed by atoms with Gasteiger partial charge in [0.25, 0.3) is 0 Å². The molecule has 204 valence electrons. The van der Waals surface area contributed by atoms with Crippen LogP contribution in [0.2, 0.25) is 0 Å². The largest absolute Gasteiger partial charge is 0.534 e. The van der Waals surface area contributed by atoms with Gasteiger partial charge in [0.15, 0.2) is 11.0 Å². The Morgan fingerprint density at radius 2 is 1.42 bits per heavy atom. The highest BCUT2D eigenvalue weighted by atomic mass is 32.2. The maximum absolute atomic E-state index is 13.4. The van der Waals surface area contributed by atoms with Gasteiger partial charge in [0.05, 0.1) is 6.42 Å². The van der Waals surface area contributed by atoms with Crippen LogP contribution in [0, 0.1) is 0 Å². The first-order valence-electron chi connectivity index (χ1n) is 12.3. The highest BCUT2D eigenvalue weighted by Crippen LogP contribution is 2.20. The van der Waals surface area contributed by atoms with Crippen molar-refractivity contribution in [3.63, 3.8) is 0 Å². The maximum atomic E-state index is 13.4. The molecule has 0 aliphatic heterocycles. The van der Waals surface area contributed by atoms with Gasteiger partial charge in [-0.05, 0) is 36.9 Å². The van der Waals surface area contributed by atoms with Gasteiger partial charge in [0, 0.05) is 25.2 Å². The monoisotopic (exact) mass is 543 g/mol. The van der Waals surface area contributed by atoms with Gasteiger partial charge < -0.3 is 20.7 Å². The topological polar surface area (TPSA) is 144 Å². The third kappa shape index (κ3) is 9.02. The molecule has 2 atom stereocenters. The normalized spacial score (nSPS) is 12.7. The Bertz CT molecular complexity index is 1130. The van der Waals surface area contributed by atoms with E-state index in [-0.39, 0.29) is 19.5 Å². The van der Waals surface area contributed by atoms with E-state index in [1.807, 2.05) is 60.7 Å². The van der Waals surface area contributed by atoms with Gasteiger partial charge in [-0.25, -0.2) is 13.3 Å². The molecule has 3 aromatic rings. The molecule has 10 nitrogen and oxygen atoms in total. The van der Waals surface area contributed by atoms with E-state index in [4.69, 9.17) is 15.3 Å². The number of ether oxygens (including phenoxy) is 1. The van der Waals surface area contributed by atoms with Gasteiger partial charge in [-0.2, -0.15) is 0 Å². The van der Waals surface area contributed by atoms with Crippen LogP contribution in [0.15, 0.2) is 72.8 Å². The van der Waals surface area contributed by atoms with Crippen LogP contribution < -0.4 is 10.6 Å². The van der Waals surface area contributed by atoms with Crippen molar-refractivity contribution in [3.8, 4) is 11.8 Å². The lowest BCUT2D eigenvalue weighted by atomic mass is 10.1. The summed E-state index contributed by atoms with van der Waals surface area (Å²) < 4.78 is 20.8. The number of carbonyl (C=O) groups excluding carboxylic acids is 2. The minimum atomic E-state index is -2.03. The Balaban J connectivity index is 1.71. The molecule has 3 rings (SSSR count).